The van der Waals surface area contributed by atoms with Crippen molar-refractivity contribution in [2.45, 2.75) is 63.7 Å². The van der Waals surface area contributed by atoms with Gasteiger partial charge in [0.15, 0.2) is 0 Å². The third-order valence-corrected chi connectivity index (χ3v) is 10.4. The predicted molar refractivity (Wildman–Crippen MR) is 245 cm³/mol. The molecule has 0 bridgehead atoms. The minimum Gasteiger partial charge on any atom is -0.398 e. The van der Waals surface area contributed by atoms with Crippen molar-refractivity contribution in [1.29, 1.82) is 5.26 Å². The maximum Gasteiger partial charge on any atom is 0.0991 e. The Morgan fingerprint density at radius 2 is 1.40 bits per heavy atom. The van der Waals surface area contributed by atoms with Crippen LogP contribution >= 0.6 is 23.1 Å². The van der Waals surface area contributed by atoms with E-state index < -0.39 is 0 Å². The quantitative estimate of drug-likeness (QED) is 0.164. The van der Waals surface area contributed by atoms with E-state index in [0.717, 1.165) is 22.4 Å². The lowest BCUT2D eigenvalue weighted by molar-refractivity contribution is 1.08. The van der Waals surface area contributed by atoms with Crippen molar-refractivity contribution < 1.29 is 0 Å². The second-order valence-electron chi connectivity index (χ2n) is 12.1. The first-order valence-electron chi connectivity index (χ1n) is 18.9. The summed E-state index contributed by atoms with van der Waals surface area (Å²) < 4.78 is 1.22. The van der Waals surface area contributed by atoms with Crippen molar-refractivity contribution in [3.8, 4) is 6.07 Å². The summed E-state index contributed by atoms with van der Waals surface area (Å²) in [6.07, 6.45) is 19.9. The fraction of sp³-hybridized carbons (Fsp3) is 0.157. The molecule has 1 unspecified atom stereocenters. The van der Waals surface area contributed by atoms with Crippen LogP contribution in [0.5, 0.6) is 0 Å². The van der Waals surface area contributed by atoms with Gasteiger partial charge in [-0.1, -0.05) is 178 Å². The van der Waals surface area contributed by atoms with Crippen LogP contribution in [-0.4, -0.2) is 0 Å². The molecule has 0 fully saturated rings. The lowest BCUT2D eigenvalue weighted by atomic mass is 9.96. The molecule has 1 aromatic heterocycles. The molecule has 2 N–H and O–H groups in total. The zero-order chi connectivity index (χ0) is 39.7. The minimum atomic E-state index is -0.146. The highest BCUT2D eigenvalue weighted by atomic mass is 32.2. The normalized spacial score (nSPS) is 11.8. The summed E-state index contributed by atoms with van der Waals surface area (Å²) in [4.78, 5) is 3.61. The Morgan fingerprint density at radius 3 is 2.13 bits per heavy atom. The van der Waals surface area contributed by atoms with E-state index in [1.54, 1.807) is 35.2 Å². The van der Waals surface area contributed by atoms with Crippen LogP contribution < -0.4 is 5.73 Å². The fourth-order valence-electron chi connectivity index (χ4n) is 5.34. The molecule has 280 valence electrons. The van der Waals surface area contributed by atoms with Crippen LogP contribution in [-0.2, 0) is 0 Å². The molecule has 0 aliphatic heterocycles. The number of aryl methyl sites for hydroxylation is 2. The van der Waals surface area contributed by atoms with E-state index in [4.69, 9.17) is 5.73 Å². The molecular formula is C51H54N2S2. The largest absolute Gasteiger partial charge is 0.398 e. The van der Waals surface area contributed by atoms with E-state index in [-0.39, 0.29) is 5.92 Å². The van der Waals surface area contributed by atoms with Crippen molar-refractivity contribution in [3.05, 3.63) is 215 Å². The molecule has 1 heterocycles. The molecule has 0 aliphatic rings. The summed E-state index contributed by atoms with van der Waals surface area (Å²) >= 11 is 3.55. The van der Waals surface area contributed by atoms with E-state index in [1.165, 1.54) is 31.0 Å². The fourth-order valence-corrected chi connectivity index (χ4v) is 7.32. The number of benzene rings is 2. The maximum absolute atomic E-state index is 9.33. The minimum absolute atomic E-state index is 0.146. The van der Waals surface area contributed by atoms with Gasteiger partial charge < -0.3 is 5.73 Å². The van der Waals surface area contributed by atoms with E-state index in [0.29, 0.717) is 11.3 Å². The molecule has 2 nitrogen and oxygen atoms in total. The summed E-state index contributed by atoms with van der Waals surface area (Å²) in [5.41, 5.74) is 12.4. The zero-order valence-corrected chi connectivity index (χ0v) is 34.7. The Kier molecular flexibility index (Phi) is 20.2. The number of nitrogens with two attached hydrogens (primary N) is 1. The molecule has 4 rings (SSSR count). The number of hydrogen-bond donors (Lipinski definition) is 1. The SMILES string of the molecule is C/C=C\c1c(C)sc2cccccccc(Sc3ccccc3C)cccc(C(/C=C(\N)c3ccc(C#N)cc3)/C=C/C=C\C=C/CC)ccccc12.CC. The van der Waals surface area contributed by atoms with Crippen LogP contribution in [0.4, 0.5) is 0 Å². The molecule has 0 aliphatic carbocycles. The van der Waals surface area contributed by atoms with E-state index in [2.05, 4.69) is 185 Å². The van der Waals surface area contributed by atoms with Gasteiger partial charge in [-0.2, -0.15) is 5.26 Å². The number of rotatable bonds is 10. The average Bonchev–Trinajstić information content (AvgIpc) is 3.50. The Bertz CT molecular complexity index is 2210. The third kappa shape index (κ3) is 15.0. The van der Waals surface area contributed by atoms with Crippen LogP contribution in [0.1, 0.15) is 72.7 Å². The van der Waals surface area contributed by atoms with Crippen LogP contribution in [0.25, 0.3) is 21.9 Å². The molecular weight excluding hydrogens is 705 g/mol. The molecule has 55 heavy (non-hydrogen) atoms. The highest BCUT2D eigenvalue weighted by molar-refractivity contribution is 7.99. The van der Waals surface area contributed by atoms with Crippen molar-refractivity contribution >= 4 is 45.0 Å². The molecule has 1 atom stereocenters. The number of hydrogen-bond acceptors (Lipinski definition) is 4. The molecule has 0 radical (unpaired) electrons. The highest BCUT2D eigenvalue weighted by Crippen LogP contribution is 2.31. The summed E-state index contributed by atoms with van der Waals surface area (Å²) in [5.74, 6) is -0.146. The number of allylic oxidation sites excluding steroid dienone is 8. The Labute approximate surface area is 338 Å². The Balaban J connectivity index is 0.00000399. The van der Waals surface area contributed by atoms with Crippen molar-refractivity contribution in [1.82, 2.24) is 0 Å². The van der Waals surface area contributed by atoms with Gasteiger partial charge in [-0.05, 0) is 97.3 Å². The lowest BCUT2D eigenvalue weighted by Gasteiger charge is -2.10. The number of nitriles is 1. The molecule has 0 spiro atoms. The van der Waals surface area contributed by atoms with Gasteiger partial charge >= 0.3 is 0 Å². The van der Waals surface area contributed by atoms with Gasteiger partial charge in [-0.15, -0.1) is 11.3 Å². The van der Waals surface area contributed by atoms with Gasteiger partial charge in [0.2, 0.25) is 0 Å². The maximum atomic E-state index is 9.33. The monoisotopic (exact) mass is 758 g/mol. The van der Waals surface area contributed by atoms with Crippen LogP contribution in [0, 0.1) is 25.2 Å². The van der Waals surface area contributed by atoms with Crippen LogP contribution in [0.15, 0.2) is 192 Å². The van der Waals surface area contributed by atoms with Crippen molar-refractivity contribution in [3.63, 3.8) is 0 Å². The van der Waals surface area contributed by atoms with Gasteiger partial charge in [0.1, 0.15) is 0 Å². The Morgan fingerprint density at radius 1 is 0.764 bits per heavy atom. The second-order valence-corrected chi connectivity index (χ2v) is 14.5. The topological polar surface area (TPSA) is 49.8 Å². The lowest BCUT2D eigenvalue weighted by Crippen LogP contribution is -2.00. The van der Waals surface area contributed by atoms with Gasteiger partial charge in [0.05, 0.1) is 11.6 Å². The first-order chi connectivity index (χ1) is 26.9. The van der Waals surface area contributed by atoms with E-state index in [9.17, 15) is 5.26 Å². The smallest absolute Gasteiger partial charge is 0.0991 e. The third-order valence-electron chi connectivity index (χ3n) is 8.13. The summed E-state index contributed by atoms with van der Waals surface area (Å²) in [7, 11) is 0. The molecule has 0 amide bonds. The van der Waals surface area contributed by atoms with Gasteiger partial charge in [0.25, 0.3) is 0 Å². The summed E-state index contributed by atoms with van der Waals surface area (Å²) in [6, 6.07) is 47.8. The first-order valence-corrected chi connectivity index (χ1v) is 20.5. The molecule has 4 aromatic rings. The van der Waals surface area contributed by atoms with Crippen molar-refractivity contribution in [2.24, 2.45) is 5.73 Å². The predicted octanol–water partition coefficient (Wildman–Crippen LogP) is 15.1. The van der Waals surface area contributed by atoms with Crippen LogP contribution in [0.2, 0.25) is 0 Å². The number of thiophene rings is 1. The van der Waals surface area contributed by atoms with Gasteiger partial charge in [-0.25, -0.2) is 0 Å². The summed E-state index contributed by atoms with van der Waals surface area (Å²) in [5, 5.41) is 10.5. The van der Waals surface area contributed by atoms with Gasteiger partial charge in [-0.3, -0.25) is 0 Å². The highest BCUT2D eigenvalue weighted by Gasteiger charge is 2.07. The number of fused-ring (bicyclic) bond motifs is 1. The molecule has 3 aromatic carbocycles. The summed E-state index contributed by atoms with van der Waals surface area (Å²) in [6.45, 7) is 12.5. The van der Waals surface area contributed by atoms with Crippen molar-refractivity contribution in [2.75, 3.05) is 0 Å². The second kappa shape index (κ2) is 25.4. The standard InChI is InChI=1S/C49H48N2S2.C2H6/c1-5-7-8-9-11-14-25-43(36-47(51)42-34-32-40(37-50)33-35-42)41-24-18-19-29-46-45(22-6-2)39(4)52-49(46)31-16-13-10-12-15-27-44(28-21-26-41)53-48-30-20-17-23-38(48)3;1-2/h6-36,43H,5,51H2,1-4H3;1-2H3/b8-7-,11-9-,12-10?,13-10?,15-12?,16-13?,19-18?,22-6-,24-18?,25-14+,26-21?,27-15?,28-21?,29-19?,31-16?,41-24?,41-26?,44-27?,44-28?,46-29?,47-36-,49-31?;. The zero-order valence-electron chi connectivity index (χ0n) is 33.0. The van der Waals surface area contributed by atoms with E-state index >= 15 is 0 Å². The number of nitrogens with zero attached hydrogens (tertiary/aromatic N) is 1. The first kappa shape index (κ1) is 43.8. The van der Waals surface area contributed by atoms with Crippen LogP contribution in [0.3, 0.4) is 0 Å². The molecule has 0 saturated heterocycles. The van der Waals surface area contributed by atoms with Gasteiger partial charge in [0, 0.05) is 31.0 Å². The van der Waals surface area contributed by atoms with E-state index in [1.807, 2.05) is 38.1 Å². The Hall–Kier alpha value is -5.60. The molecule has 0 saturated carbocycles. The average molecular weight is 759 g/mol. The molecule has 4 heteroatoms.